The number of carbonyl (C=O) groups excluding carboxylic acids is 2. The summed E-state index contributed by atoms with van der Waals surface area (Å²) in [6.45, 7) is 0.202. The van der Waals surface area contributed by atoms with Gasteiger partial charge in [0.1, 0.15) is 5.54 Å². The van der Waals surface area contributed by atoms with Crippen LogP contribution in [0.2, 0.25) is 0 Å². The lowest BCUT2D eigenvalue weighted by molar-refractivity contribution is -0.132. The molecule has 1 aromatic carbocycles. The van der Waals surface area contributed by atoms with Crippen molar-refractivity contribution >= 4 is 11.9 Å². The minimum Gasteiger partial charge on any atom is -0.481 e. The van der Waals surface area contributed by atoms with Crippen molar-refractivity contribution in [2.24, 2.45) is 0 Å². The van der Waals surface area contributed by atoms with Crippen LogP contribution >= 0.6 is 0 Å². The maximum Gasteiger partial charge on any atom is 0.325 e. The van der Waals surface area contributed by atoms with Gasteiger partial charge in [-0.25, -0.2) is 9.78 Å². The van der Waals surface area contributed by atoms with E-state index in [1.54, 1.807) is 18.3 Å². The number of ether oxygens (including phenoxy) is 1. The molecule has 1 N–H and O–H groups in total. The number of hydrogen-bond acceptors (Lipinski definition) is 4. The van der Waals surface area contributed by atoms with Gasteiger partial charge in [-0.3, -0.25) is 9.69 Å². The van der Waals surface area contributed by atoms with Crippen molar-refractivity contribution in [3.63, 3.8) is 0 Å². The summed E-state index contributed by atoms with van der Waals surface area (Å²) in [4.78, 5) is 30.8. The molecule has 1 fully saturated rings. The van der Waals surface area contributed by atoms with Gasteiger partial charge in [0.2, 0.25) is 5.88 Å². The van der Waals surface area contributed by atoms with E-state index in [2.05, 4.69) is 10.3 Å². The van der Waals surface area contributed by atoms with Gasteiger partial charge in [-0.15, -0.1) is 0 Å². The Labute approximate surface area is 139 Å². The second-order valence-electron chi connectivity index (χ2n) is 6.09. The predicted molar refractivity (Wildman–Crippen MR) is 86.3 cm³/mol. The molecule has 1 aliphatic carbocycles. The fraction of sp³-hybridized carbons (Fsp3) is 0.278. The van der Waals surface area contributed by atoms with Crippen molar-refractivity contribution in [2.45, 2.75) is 24.9 Å². The van der Waals surface area contributed by atoms with Crippen LogP contribution in [0.15, 0.2) is 42.6 Å². The summed E-state index contributed by atoms with van der Waals surface area (Å²) in [6.07, 6.45) is 3.00. The minimum absolute atomic E-state index is 0.187. The third-order valence-electron chi connectivity index (χ3n) is 4.77. The standard InChI is InChI=1S/C18H17N3O3/c1-24-15-10-12(7-9-19-15)11-21-16(22)18(20-17(21)23)8-6-13-4-2-3-5-14(13)18/h2-5,7,9-10H,6,8,11H2,1H3,(H,20,23). The van der Waals surface area contributed by atoms with Crippen LogP contribution in [-0.4, -0.2) is 28.9 Å². The average Bonchev–Trinajstić information content (AvgIpc) is 3.09. The van der Waals surface area contributed by atoms with Crippen LogP contribution in [-0.2, 0) is 23.3 Å². The highest BCUT2D eigenvalue weighted by molar-refractivity contribution is 6.08. The van der Waals surface area contributed by atoms with Crippen LogP contribution in [0, 0.1) is 0 Å². The summed E-state index contributed by atoms with van der Waals surface area (Å²) in [5.74, 6) is 0.272. The number of aromatic nitrogens is 1. The number of hydrogen-bond donors (Lipinski definition) is 1. The van der Waals surface area contributed by atoms with Gasteiger partial charge in [-0.1, -0.05) is 24.3 Å². The molecule has 1 aliphatic heterocycles. The SMILES string of the molecule is COc1cc(CN2C(=O)NC3(CCc4ccccc43)C2=O)ccn1. The van der Waals surface area contributed by atoms with E-state index < -0.39 is 5.54 Å². The van der Waals surface area contributed by atoms with E-state index in [1.165, 1.54) is 12.0 Å². The Kier molecular flexibility index (Phi) is 3.26. The molecule has 1 atom stereocenters. The largest absolute Gasteiger partial charge is 0.481 e. The lowest BCUT2D eigenvalue weighted by Crippen LogP contribution is -2.41. The second kappa shape index (κ2) is 5.33. The van der Waals surface area contributed by atoms with Crippen molar-refractivity contribution in [3.05, 3.63) is 59.3 Å². The van der Waals surface area contributed by atoms with Gasteiger partial charge in [-0.2, -0.15) is 0 Å². The molecule has 2 aliphatic rings. The Balaban J connectivity index is 1.65. The number of nitrogens with zero attached hydrogens (tertiary/aromatic N) is 2. The van der Waals surface area contributed by atoms with Gasteiger partial charge >= 0.3 is 6.03 Å². The molecule has 0 saturated carbocycles. The smallest absolute Gasteiger partial charge is 0.325 e. The first-order chi connectivity index (χ1) is 11.6. The summed E-state index contributed by atoms with van der Waals surface area (Å²) in [5, 5.41) is 2.92. The molecule has 6 nitrogen and oxygen atoms in total. The summed E-state index contributed by atoms with van der Waals surface area (Å²) in [7, 11) is 1.53. The van der Waals surface area contributed by atoms with E-state index >= 15 is 0 Å². The van der Waals surface area contributed by atoms with E-state index in [0.717, 1.165) is 23.1 Å². The molecule has 0 radical (unpaired) electrons. The van der Waals surface area contributed by atoms with Gasteiger partial charge in [0, 0.05) is 12.3 Å². The number of nitrogens with one attached hydrogen (secondary N) is 1. The number of amides is 3. The third-order valence-corrected chi connectivity index (χ3v) is 4.77. The molecule has 1 saturated heterocycles. The highest BCUT2D eigenvalue weighted by Gasteiger charge is 2.55. The number of aryl methyl sites for hydroxylation is 1. The molecule has 3 amide bonds. The van der Waals surface area contributed by atoms with Crippen LogP contribution in [0.5, 0.6) is 5.88 Å². The highest BCUT2D eigenvalue weighted by Crippen LogP contribution is 2.41. The van der Waals surface area contributed by atoms with Gasteiger partial charge in [0.05, 0.1) is 13.7 Å². The van der Waals surface area contributed by atoms with Crippen molar-refractivity contribution in [3.8, 4) is 5.88 Å². The number of rotatable bonds is 3. The summed E-state index contributed by atoms with van der Waals surface area (Å²) in [5.41, 5.74) is 1.93. The van der Waals surface area contributed by atoms with Crippen molar-refractivity contribution < 1.29 is 14.3 Å². The summed E-state index contributed by atoms with van der Waals surface area (Å²) in [6, 6.07) is 11.0. The van der Waals surface area contributed by atoms with Crippen molar-refractivity contribution in [1.82, 2.24) is 15.2 Å². The number of fused-ring (bicyclic) bond motifs is 2. The normalized spacial score (nSPS) is 22.0. The zero-order chi connectivity index (χ0) is 16.7. The van der Waals surface area contributed by atoms with Gasteiger partial charge in [0.15, 0.2) is 0 Å². The number of carbonyl (C=O) groups is 2. The van der Waals surface area contributed by atoms with Gasteiger partial charge in [0.25, 0.3) is 5.91 Å². The van der Waals surface area contributed by atoms with E-state index in [-0.39, 0.29) is 18.5 Å². The number of urea groups is 1. The molecule has 6 heteroatoms. The van der Waals surface area contributed by atoms with Crippen LogP contribution < -0.4 is 10.1 Å². The number of benzene rings is 1. The first-order valence-corrected chi connectivity index (χ1v) is 7.85. The molecule has 1 unspecified atom stereocenters. The quantitative estimate of drug-likeness (QED) is 0.877. The molecule has 4 rings (SSSR count). The number of pyridine rings is 1. The van der Waals surface area contributed by atoms with Crippen LogP contribution in [0.25, 0.3) is 0 Å². The zero-order valence-electron chi connectivity index (χ0n) is 13.3. The maximum atomic E-state index is 13.1. The average molecular weight is 323 g/mol. The predicted octanol–water partition coefficient (Wildman–Crippen LogP) is 1.98. The van der Waals surface area contributed by atoms with Crippen LogP contribution in [0.3, 0.4) is 0 Å². The Morgan fingerprint density at radius 1 is 1.29 bits per heavy atom. The fourth-order valence-electron chi connectivity index (χ4n) is 3.58. The molecular formula is C18H17N3O3. The highest BCUT2D eigenvalue weighted by atomic mass is 16.5. The summed E-state index contributed by atoms with van der Waals surface area (Å²) >= 11 is 0. The zero-order valence-corrected chi connectivity index (χ0v) is 13.3. The third kappa shape index (κ3) is 2.06. The molecule has 1 spiro atoms. The Bertz CT molecular complexity index is 836. The molecule has 24 heavy (non-hydrogen) atoms. The van der Waals surface area contributed by atoms with E-state index in [9.17, 15) is 9.59 Å². The maximum absolute atomic E-state index is 13.1. The van der Waals surface area contributed by atoms with Gasteiger partial charge < -0.3 is 10.1 Å². The lowest BCUT2D eigenvalue weighted by atomic mass is 9.92. The monoisotopic (exact) mass is 323 g/mol. The van der Waals surface area contributed by atoms with Crippen LogP contribution in [0.4, 0.5) is 4.79 Å². The van der Waals surface area contributed by atoms with Gasteiger partial charge in [-0.05, 0) is 35.6 Å². The first-order valence-electron chi connectivity index (χ1n) is 7.85. The molecule has 2 aromatic rings. The number of imide groups is 1. The topological polar surface area (TPSA) is 71.5 Å². The molecule has 0 bridgehead atoms. The van der Waals surface area contributed by atoms with Crippen molar-refractivity contribution in [1.29, 1.82) is 0 Å². The Morgan fingerprint density at radius 3 is 2.96 bits per heavy atom. The van der Waals surface area contributed by atoms with Crippen LogP contribution in [0.1, 0.15) is 23.1 Å². The second-order valence-corrected chi connectivity index (χ2v) is 6.09. The summed E-state index contributed by atoms with van der Waals surface area (Å²) < 4.78 is 5.10. The Hall–Kier alpha value is -2.89. The van der Waals surface area contributed by atoms with E-state index in [0.29, 0.717) is 12.3 Å². The molecule has 122 valence electrons. The fourth-order valence-corrected chi connectivity index (χ4v) is 3.58. The molecule has 2 heterocycles. The number of methoxy groups -OCH3 is 1. The lowest BCUT2D eigenvalue weighted by Gasteiger charge is -2.22. The minimum atomic E-state index is -0.912. The molecule has 1 aromatic heterocycles. The molecular weight excluding hydrogens is 306 g/mol. The van der Waals surface area contributed by atoms with E-state index in [4.69, 9.17) is 4.74 Å². The van der Waals surface area contributed by atoms with E-state index in [1.807, 2.05) is 24.3 Å². The first kappa shape index (κ1) is 14.7. The Morgan fingerprint density at radius 2 is 2.12 bits per heavy atom. The van der Waals surface area contributed by atoms with Crippen molar-refractivity contribution in [2.75, 3.05) is 7.11 Å².